The van der Waals surface area contributed by atoms with Crippen LogP contribution in [-0.4, -0.2) is 30.3 Å². The van der Waals surface area contributed by atoms with Crippen molar-refractivity contribution < 1.29 is 13.2 Å². The van der Waals surface area contributed by atoms with Crippen LogP contribution in [0.2, 0.25) is 0 Å². The highest BCUT2D eigenvalue weighted by molar-refractivity contribution is 7.99. The first-order valence-corrected chi connectivity index (χ1v) is 13.3. The molecule has 10 heteroatoms. The molecule has 7 nitrogen and oxygen atoms in total. The minimum absolute atomic E-state index is 0.0287. The Hall–Kier alpha value is -2.92. The number of nitrogens with zero attached hydrogens (tertiary/aromatic N) is 2. The molecule has 4 aromatic rings. The van der Waals surface area contributed by atoms with E-state index in [0.717, 1.165) is 10.4 Å². The van der Waals surface area contributed by atoms with Crippen LogP contribution < -0.4 is 15.4 Å². The van der Waals surface area contributed by atoms with Crippen molar-refractivity contribution in [3.63, 3.8) is 0 Å². The van der Waals surface area contributed by atoms with Crippen LogP contribution in [0.25, 0.3) is 20.7 Å². The topological polar surface area (TPSA) is 104 Å². The number of ether oxygens (including phenoxy) is 1. The molecule has 0 amide bonds. The third-order valence-corrected chi connectivity index (χ3v) is 7.67. The highest BCUT2D eigenvalue weighted by Crippen LogP contribution is 2.32. The number of hydrogen-bond donors (Lipinski definition) is 1. The fourth-order valence-corrected chi connectivity index (χ4v) is 5.58. The summed E-state index contributed by atoms with van der Waals surface area (Å²) in [4.78, 5) is 19.6. The number of rotatable bonds is 9. The molecule has 0 fully saturated rings. The first-order chi connectivity index (χ1) is 15.9. The van der Waals surface area contributed by atoms with E-state index >= 15 is 0 Å². The minimum Gasteiger partial charge on any atom is -0.493 e. The van der Waals surface area contributed by atoms with Crippen LogP contribution in [0.4, 0.5) is 0 Å². The average molecular weight is 500 g/mol. The normalized spacial score (nSPS) is 11.5. The molecule has 0 aliphatic rings. The van der Waals surface area contributed by atoms with Gasteiger partial charge < -0.3 is 4.74 Å². The van der Waals surface area contributed by atoms with Gasteiger partial charge >= 0.3 is 0 Å². The summed E-state index contributed by atoms with van der Waals surface area (Å²) in [7, 11) is -3.74. The van der Waals surface area contributed by atoms with E-state index in [2.05, 4.69) is 6.58 Å². The summed E-state index contributed by atoms with van der Waals surface area (Å²) >= 11 is 2.91. The van der Waals surface area contributed by atoms with Crippen molar-refractivity contribution in [1.29, 1.82) is 0 Å². The van der Waals surface area contributed by atoms with Gasteiger partial charge in [0.2, 0.25) is 10.0 Å². The summed E-state index contributed by atoms with van der Waals surface area (Å²) in [5.74, 6) is 1.07. The van der Waals surface area contributed by atoms with E-state index in [9.17, 15) is 13.2 Å². The zero-order chi connectivity index (χ0) is 23.4. The zero-order valence-corrected chi connectivity index (χ0v) is 20.0. The Balaban J connectivity index is 1.51. The summed E-state index contributed by atoms with van der Waals surface area (Å²) < 4.78 is 30.0. The lowest BCUT2D eigenvalue weighted by Gasteiger charge is -2.10. The molecule has 4 rings (SSSR count). The number of thiophene rings is 1. The minimum atomic E-state index is -3.74. The molecule has 0 atom stereocenters. The van der Waals surface area contributed by atoms with Crippen LogP contribution in [0.3, 0.4) is 0 Å². The molecule has 0 radical (unpaired) electrons. The quantitative estimate of drug-likeness (QED) is 0.161. The number of hydrogen-bond acceptors (Lipinski definition) is 7. The SMILES string of the molecule is C=CCn1c(SCCOc2ccc(S(N)(=O)=O)cc2)nc2sc(-c3ccccc3)cc2c1=O. The van der Waals surface area contributed by atoms with Crippen LogP contribution in [0.15, 0.2) is 88.2 Å². The number of primary sulfonamides is 1. The Morgan fingerprint density at radius 3 is 2.55 bits per heavy atom. The average Bonchev–Trinajstić information content (AvgIpc) is 3.24. The lowest BCUT2D eigenvalue weighted by atomic mass is 10.2. The lowest BCUT2D eigenvalue weighted by Crippen LogP contribution is -2.22. The van der Waals surface area contributed by atoms with Crippen LogP contribution in [0.5, 0.6) is 5.75 Å². The van der Waals surface area contributed by atoms with Crippen molar-refractivity contribution in [3.05, 3.63) is 83.7 Å². The monoisotopic (exact) mass is 499 g/mol. The maximum atomic E-state index is 13.1. The summed E-state index contributed by atoms with van der Waals surface area (Å²) in [6.07, 6.45) is 1.67. The molecular weight excluding hydrogens is 478 g/mol. The Labute approximate surface area is 199 Å². The van der Waals surface area contributed by atoms with Gasteiger partial charge in [-0.3, -0.25) is 9.36 Å². The Morgan fingerprint density at radius 1 is 1.15 bits per heavy atom. The van der Waals surface area contributed by atoms with Gasteiger partial charge in [0.1, 0.15) is 10.6 Å². The molecular formula is C23H21N3O4S3. The van der Waals surface area contributed by atoms with Crippen LogP contribution in [0.1, 0.15) is 0 Å². The molecule has 2 aromatic carbocycles. The van der Waals surface area contributed by atoms with Gasteiger partial charge in [-0.05, 0) is 35.9 Å². The highest BCUT2D eigenvalue weighted by Gasteiger charge is 2.15. The highest BCUT2D eigenvalue weighted by atomic mass is 32.2. The maximum absolute atomic E-state index is 13.1. The standard InChI is InChI=1S/C23H21N3O4S3/c1-2-12-26-22(27)19-15-20(16-6-4-3-5-7-16)32-21(19)25-23(26)31-14-13-30-17-8-10-18(11-9-17)33(24,28)29/h2-11,15H,1,12-14H2,(H2,24,28,29). The molecule has 0 saturated heterocycles. The Bertz CT molecular complexity index is 1440. The number of sulfonamides is 1. The van der Waals surface area contributed by atoms with Crippen LogP contribution in [-0.2, 0) is 16.6 Å². The Kier molecular flexibility index (Phi) is 6.99. The number of fused-ring (bicyclic) bond motifs is 1. The fourth-order valence-electron chi connectivity index (χ4n) is 3.16. The van der Waals surface area contributed by atoms with Gasteiger partial charge in [-0.25, -0.2) is 18.5 Å². The maximum Gasteiger partial charge on any atom is 0.263 e. The third kappa shape index (κ3) is 5.36. The largest absolute Gasteiger partial charge is 0.493 e. The van der Waals surface area contributed by atoms with E-state index in [1.54, 1.807) is 22.8 Å². The second kappa shape index (κ2) is 9.92. The van der Waals surface area contributed by atoms with Crippen molar-refractivity contribution in [2.24, 2.45) is 5.14 Å². The summed E-state index contributed by atoms with van der Waals surface area (Å²) in [6, 6.07) is 17.7. The Morgan fingerprint density at radius 2 is 1.88 bits per heavy atom. The van der Waals surface area contributed by atoms with Gasteiger partial charge in [0.05, 0.1) is 16.9 Å². The molecule has 170 valence electrons. The fraction of sp³-hybridized carbons (Fsp3) is 0.130. The van der Waals surface area contributed by atoms with Crippen molar-refractivity contribution in [1.82, 2.24) is 9.55 Å². The molecule has 0 aliphatic carbocycles. The number of nitrogens with two attached hydrogens (primary N) is 1. The number of thioether (sulfide) groups is 1. The van der Waals surface area contributed by atoms with Gasteiger partial charge in [0, 0.05) is 17.2 Å². The van der Waals surface area contributed by atoms with Gasteiger partial charge in [-0.15, -0.1) is 17.9 Å². The number of aromatic nitrogens is 2. The zero-order valence-electron chi connectivity index (χ0n) is 17.5. The third-order valence-electron chi connectivity index (χ3n) is 4.72. The molecule has 2 aromatic heterocycles. The summed E-state index contributed by atoms with van der Waals surface area (Å²) in [5, 5.41) is 6.30. The summed E-state index contributed by atoms with van der Waals surface area (Å²) in [5.41, 5.74) is 0.951. The van der Waals surface area contributed by atoms with E-state index in [4.69, 9.17) is 14.9 Å². The van der Waals surface area contributed by atoms with E-state index in [1.807, 2.05) is 36.4 Å². The van der Waals surface area contributed by atoms with E-state index < -0.39 is 10.0 Å². The van der Waals surface area contributed by atoms with Crippen molar-refractivity contribution in [2.45, 2.75) is 16.6 Å². The second-order valence-electron chi connectivity index (χ2n) is 7.01. The number of benzene rings is 2. The van der Waals surface area contributed by atoms with Crippen molar-refractivity contribution in [2.75, 3.05) is 12.4 Å². The predicted octanol–water partition coefficient (Wildman–Crippen LogP) is 4.13. The summed E-state index contributed by atoms with van der Waals surface area (Å²) in [6.45, 7) is 4.47. The number of allylic oxidation sites excluding steroid dienone is 1. The van der Waals surface area contributed by atoms with Crippen molar-refractivity contribution >= 4 is 43.3 Å². The molecule has 0 spiro atoms. The molecule has 2 N–H and O–H groups in total. The first kappa shape index (κ1) is 23.2. The van der Waals surface area contributed by atoms with E-state index in [-0.39, 0.29) is 10.5 Å². The van der Waals surface area contributed by atoms with E-state index in [1.165, 1.54) is 35.2 Å². The molecule has 33 heavy (non-hydrogen) atoms. The van der Waals surface area contributed by atoms with Gasteiger partial charge in [0.15, 0.2) is 5.16 Å². The van der Waals surface area contributed by atoms with Crippen LogP contribution in [0, 0.1) is 0 Å². The first-order valence-electron chi connectivity index (χ1n) is 9.96. The smallest absolute Gasteiger partial charge is 0.263 e. The van der Waals surface area contributed by atoms with E-state index in [0.29, 0.717) is 40.0 Å². The van der Waals surface area contributed by atoms with Gasteiger partial charge in [-0.1, -0.05) is 48.2 Å². The molecule has 0 bridgehead atoms. The predicted molar refractivity (Wildman–Crippen MR) is 134 cm³/mol. The molecule has 0 saturated carbocycles. The molecule has 0 unspecified atom stereocenters. The van der Waals surface area contributed by atoms with Crippen LogP contribution >= 0.6 is 23.1 Å². The van der Waals surface area contributed by atoms with Crippen molar-refractivity contribution in [3.8, 4) is 16.2 Å². The molecule has 2 heterocycles. The van der Waals surface area contributed by atoms with Gasteiger partial charge in [-0.2, -0.15) is 0 Å². The second-order valence-corrected chi connectivity index (χ2v) is 10.7. The lowest BCUT2D eigenvalue weighted by molar-refractivity contribution is 0.343. The van der Waals surface area contributed by atoms with Gasteiger partial charge in [0.25, 0.3) is 5.56 Å². The molecule has 0 aliphatic heterocycles.